The van der Waals surface area contributed by atoms with Gasteiger partial charge < -0.3 is 9.84 Å². The normalized spacial score (nSPS) is 10.7. The van der Waals surface area contributed by atoms with Crippen molar-refractivity contribution in [3.8, 4) is 5.75 Å². The number of halogens is 2. The van der Waals surface area contributed by atoms with Gasteiger partial charge in [0, 0.05) is 0 Å². The van der Waals surface area contributed by atoms with E-state index >= 15 is 0 Å². The van der Waals surface area contributed by atoms with Gasteiger partial charge in [0.1, 0.15) is 24.0 Å². The van der Waals surface area contributed by atoms with Gasteiger partial charge >= 0.3 is 0 Å². The summed E-state index contributed by atoms with van der Waals surface area (Å²) in [6.07, 6.45) is 0. The number of aliphatic hydroxyl groups excluding tert-OH is 1. The summed E-state index contributed by atoms with van der Waals surface area (Å²) in [6.45, 7) is 3.45. The van der Waals surface area contributed by atoms with E-state index in [4.69, 9.17) is 9.84 Å². The third kappa shape index (κ3) is 2.96. The van der Waals surface area contributed by atoms with Crippen molar-refractivity contribution in [1.29, 1.82) is 0 Å². The molecule has 2 aromatic rings. The molecular weight excluding hydrogens is 262 g/mol. The number of hydrogen-bond acceptors (Lipinski definition) is 2. The Morgan fingerprint density at radius 3 is 2.10 bits per heavy atom. The summed E-state index contributed by atoms with van der Waals surface area (Å²) in [6, 6.07) is 7.31. The average Bonchev–Trinajstić information content (AvgIpc) is 2.40. The van der Waals surface area contributed by atoms with E-state index in [2.05, 4.69) is 0 Å². The molecule has 106 valence electrons. The first-order valence-electron chi connectivity index (χ1n) is 6.29. The first-order chi connectivity index (χ1) is 9.52. The van der Waals surface area contributed by atoms with E-state index in [1.807, 2.05) is 13.8 Å². The van der Waals surface area contributed by atoms with Crippen LogP contribution in [0, 0.1) is 25.5 Å². The predicted molar refractivity (Wildman–Crippen MR) is 72.5 cm³/mol. The summed E-state index contributed by atoms with van der Waals surface area (Å²) >= 11 is 0. The molecule has 0 spiro atoms. The highest BCUT2D eigenvalue weighted by molar-refractivity contribution is 5.43. The number of ether oxygens (including phenoxy) is 1. The maximum absolute atomic E-state index is 13.5. The smallest absolute Gasteiger partial charge is 0.132 e. The van der Waals surface area contributed by atoms with Crippen molar-refractivity contribution in [3.05, 3.63) is 64.2 Å². The van der Waals surface area contributed by atoms with Gasteiger partial charge in [-0.3, -0.25) is 0 Å². The first-order valence-corrected chi connectivity index (χ1v) is 6.29. The van der Waals surface area contributed by atoms with Crippen molar-refractivity contribution in [2.45, 2.75) is 27.1 Å². The fraction of sp³-hybridized carbons (Fsp3) is 0.250. The number of rotatable bonds is 4. The Bertz CT molecular complexity index is 581. The zero-order valence-electron chi connectivity index (χ0n) is 11.4. The fourth-order valence-electron chi connectivity index (χ4n) is 2.17. The van der Waals surface area contributed by atoms with Crippen molar-refractivity contribution in [2.75, 3.05) is 0 Å². The Morgan fingerprint density at radius 1 is 1.05 bits per heavy atom. The SMILES string of the molecule is Cc1cc(CO)cc(C)c1OCc1c(F)cccc1F. The summed E-state index contributed by atoms with van der Waals surface area (Å²) < 4.78 is 32.6. The summed E-state index contributed by atoms with van der Waals surface area (Å²) in [4.78, 5) is 0. The largest absolute Gasteiger partial charge is 0.488 e. The Balaban J connectivity index is 2.23. The number of aryl methyl sites for hydroxylation is 2. The molecule has 0 heterocycles. The van der Waals surface area contributed by atoms with Crippen LogP contribution in [-0.2, 0) is 13.2 Å². The van der Waals surface area contributed by atoms with Gasteiger partial charge in [0.25, 0.3) is 0 Å². The van der Waals surface area contributed by atoms with E-state index in [9.17, 15) is 8.78 Å². The standard InChI is InChI=1S/C16H16F2O2/c1-10-6-12(8-19)7-11(2)16(10)20-9-13-14(17)4-3-5-15(13)18/h3-7,19H,8-9H2,1-2H3. The van der Waals surface area contributed by atoms with Crippen LogP contribution in [0.1, 0.15) is 22.3 Å². The summed E-state index contributed by atoms with van der Waals surface area (Å²) in [5, 5.41) is 9.12. The van der Waals surface area contributed by atoms with Crippen LogP contribution in [0.4, 0.5) is 8.78 Å². The van der Waals surface area contributed by atoms with Gasteiger partial charge in [-0.15, -0.1) is 0 Å². The van der Waals surface area contributed by atoms with Crippen LogP contribution in [0.15, 0.2) is 30.3 Å². The second kappa shape index (κ2) is 6.01. The second-order valence-corrected chi connectivity index (χ2v) is 4.71. The number of aliphatic hydroxyl groups is 1. The number of benzene rings is 2. The lowest BCUT2D eigenvalue weighted by Gasteiger charge is -2.14. The minimum atomic E-state index is -0.618. The van der Waals surface area contributed by atoms with Crippen LogP contribution in [0.5, 0.6) is 5.75 Å². The molecule has 0 saturated carbocycles. The molecule has 20 heavy (non-hydrogen) atoms. The third-order valence-corrected chi connectivity index (χ3v) is 3.13. The van der Waals surface area contributed by atoms with Gasteiger partial charge in [0.15, 0.2) is 0 Å². The van der Waals surface area contributed by atoms with E-state index in [0.717, 1.165) is 16.7 Å². The summed E-state index contributed by atoms with van der Waals surface area (Å²) in [7, 11) is 0. The molecule has 0 unspecified atom stereocenters. The molecule has 0 atom stereocenters. The van der Waals surface area contributed by atoms with Crippen molar-refractivity contribution in [3.63, 3.8) is 0 Å². The lowest BCUT2D eigenvalue weighted by molar-refractivity contribution is 0.278. The maximum atomic E-state index is 13.5. The predicted octanol–water partition coefficient (Wildman–Crippen LogP) is 3.65. The molecule has 0 fully saturated rings. The molecule has 0 aliphatic rings. The van der Waals surface area contributed by atoms with Crippen LogP contribution in [0.25, 0.3) is 0 Å². The van der Waals surface area contributed by atoms with Crippen LogP contribution in [-0.4, -0.2) is 5.11 Å². The topological polar surface area (TPSA) is 29.5 Å². The molecule has 4 heteroatoms. The van der Waals surface area contributed by atoms with E-state index < -0.39 is 11.6 Å². The zero-order valence-corrected chi connectivity index (χ0v) is 11.4. The molecule has 0 bridgehead atoms. The first kappa shape index (κ1) is 14.5. The molecule has 1 N–H and O–H groups in total. The van der Waals surface area contributed by atoms with E-state index in [1.54, 1.807) is 12.1 Å². The molecule has 0 amide bonds. The van der Waals surface area contributed by atoms with Crippen LogP contribution < -0.4 is 4.74 Å². The quantitative estimate of drug-likeness (QED) is 0.925. The van der Waals surface area contributed by atoms with Crippen molar-refractivity contribution >= 4 is 0 Å². The molecule has 0 aliphatic heterocycles. The van der Waals surface area contributed by atoms with Gasteiger partial charge in [-0.25, -0.2) is 8.78 Å². The Morgan fingerprint density at radius 2 is 1.60 bits per heavy atom. The zero-order chi connectivity index (χ0) is 14.7. The maximum Gasteiger partial charge on any atom is 0.132 e. The molecule has 0 radical (unpaired) electrons. The minimum absolute atomic E-state index is 0.0517. The van der Waals surface area contributed by atoms with E-state index in [1.165, 1.54) is 18.2 Å². The van der Waals surface area contributed by atoms with Gasteiger partial charge in [0.05, 0.1) is 12.2 Å². The second-order valence-electron chi connectivity index (χ2n) is 4.71. The number of hydrogen-bond donors (Lipinski definition) is 1. The molecule has 0 saturated heterocycles. The Kier molecular flexibility index (Phi) is 4.35. The molecule has 2 aromatic carbocycles. The van der Waals surface area contributed by atoms with Crippen LogP contribution in [0.2, 0.25) is 0 Å². The van der Waals surface area contributed by atoms with Gasteiger partial charge in [-0.05, 0) is 42.7 Å². The minimum Gasteiger partial charge on any atom is -0.488 e. The molecule has 2 rings (SSSR count). The molecular formula is C16H16F2O2. The van der Waals surface area contributed by atoms with Crippen LogP contribution in [0.3, 0.4) is 0 Å². The highest BCUT2D eigenvalue weighted by Gasteiger charge is 2.11. The van der Waals surface area contributed by atoms with E-state index in [-0.39, 0.29) is 18.8 Å². The Labute approximate surface area is 116 Å². The fourth-order valence-corrected chi connectivity index (χ4v) is 2.17. The highest BCUT2D eigenvalue weighted by atomic mass is 19.1. The molecule has 2 nitrogen and oxygen atoms in total. The van der Waals surface area contributed by atoms with Crippen molar-refractivity contribution in [2.24, 2.45) is 0 Å². The average molecular weight is 278 g/mol. The van der Waals surface area contributed by atoms with E-state index in [0.29, 0.717) is 5.75 Å². The lowest BCUT2D eigenvalue weighted by Crippen LogP contribution is -2.04. The van der Waals surface area contributed by atoms with Crippen molar-refractivity contribution < 1.29 is 18.6 Å². The van der Waals surface area contributed by atoms with Crippen molar-refractivity contribution in [1.82, 2.24) is 0 Å². The van der Waals surface area contributed by atoms with Crippen LogP contribution >= 0.6 is 0 Å². The monoisotopic (exact) mass is 278 g/mol. The summed E-state index contributed by atoms with van der Waals surface area (Å²) in [5.41, 5.74) is 2.35. The highest BCUT2D eigenvalue weighted by Crippen LogP contribution is 2.26. The van der Waals surface area contributed by atoms with Gasteiger partial charge in [-0.1, -0.05) is 18.2 Å². The summed E-state index contributed by atoms with van der Waals surface area (Å²) in [5.74, 6) is -0.649. The Hall–Kier alpha value is -1.94. The molecule has 0 aliphatic carbocycles. The third-order valence-electron chi connectivity index (χ3n) is 3.13. The van der Waals surface area contributed by atoms with Gasteiger partial charge in [-0.2, -0.15) is 0 Å². The lowest BCUT2D eigenvalue weighted by atomic mass is 10.1. The van der Waals surface area contributed by atoms with Gasteiger partial charge in [0.2, 0.25) is 0 Å². The molecule has 0 aromatic heterocycles.